The van der Waals surface area contributed by atoms with Gasteiger partial charge in [-0.2, -0.15) is 4.31 Å². The molecule has 3 amide bonds. The van der Waals surface area contributed by atoms with Crippen molar-refractivity contribution in [2.75, 3.05) is 26.2 Å². The highest BCUT2D eigenvalue weighted by molar-refractivity contribution is 7.89. The number of fused-ring (bicyclic) bond motifs is 1. The Kier molecular flexibility index (Phi) is 10.3. The number of benzene rings is 2. The van der Waals surface area contributed by atoms with E-state index in [1.54, 1.807) is 38.1 Å². The Labute approximate surface area is 247 Å². The molecule has 1 aliphatic heterocycles. The number of nitrogens with one attached hydrogen (secondary N) is 1. The number of guanidine groups is 1. The van der Waals surface area contributed by atoms with Crippen LogP contribution < -0.4 is 16.8 Å². The fourth-order valence-corrected chi connectivity index (χ4v) is 6.55. The van der Waals surface area contributed by atoms with Crippen molar-refractivity contribution in [1.82, 2.24) is 19.4 Å². The third kappa shape index (κ3) is 7.06. The Bertz CT molecular complexity index is 1520. The molecule has 42 heavy (non-hydrogen) atoms. The minimum Gasteiger partial charge on any atom is -0.719 e. The third-order valence-electron chi connectivity index (χ3n) is 6.92. The first-order valence-corrected chi connectivity index (χ1v) is 14.8. The Morgan fingerprint density at radius 1 is 1.19 bits per heavy atom. The lowest BCUT2D eigenvalue weighted by atomic mass is 10.1. The molecule has 17 heteroatoms. The number of primary amides is 1. The van der Waals surface area contributed by atoms with Gasteiger partial charge in [0.2, 0.25) is 27.7 Å². The van der Waals surface area contributed by atoms with Crippen molar-refractivity contribution >= 4 is 56.1 Å². The zero-order chi connectivity index (χ0) is 31.4. The molecule has 2 aromatic rings. The summed E-state index contributed by atoms with van der Waals surface area (Å²) in [5.41, 5.74) is 10.8. The predicted molar refractivity (Wildman–Crippen MR) is 155 cm³/mol. The summed E-state index contributed by atoms with van der Waals surface area (Å²) in [6.07, 6.45) is 0.0267. The molecular weight excluding hydrogens is 592 g/mol. The lowest BCUT2D eigenvalue weighted by Gasteiger charge is -2.33. The normalized spacial score (nSPS) is 17.0. The Morgan fingerprint density at radius 2 is 1.83 bits per heavy atom. The lowest BCUT2D eigenvalue weighted by molar-refractivity contribution is -0.468. The second-order valence-corrected chi connectivity index (χ2v) is 12.3. The van der Waals surface area contributed by atoms with E-state index in [0.29, 0.717) is 15.8 Å². The summed E-state index contributed by atoms with van der Waals surface area (Å²) in [5, 5.41) is 17.6. The van der Waals surface area contributed by atoms with Gasteiger partial charge in [-0.15, -0.1) is 9.75 Å². The monoisotopic (exact) mass is 624 g/mol. The average molecular weight is 625 g/mol. The van der Waals surface area contributed by atoms with Crippen molar-refractivity contribution in [3.63, 3.8) is 0 Å². The van der Waals surface area contributed by atoms with Gasteiger partial charge in [-0.05, 0) is 62.2 Å². The molecule has 0 spiro atoms. The fourth-order valence-electron chi connectivity index (χ4n) is 4.76. The second-order valence-electron chi connectivity index (χ2n) is 9.97. The summed E-state index contributed by atoms with van der Waals surface area (Å²) in [7, 11) is -4.37. The SMILES string of the molecule is CC(C)N(CCN/C(N)=[N+](/[O-])N=O)C(=O)[C@H](C)N1CC[C@H](N(CC(N)=O)S(=O)(=O)c2ccc3cc(Cl)ccc3c2)C1=O. The van der Waals surface area contributed by atoms with Crippen molar-refractivity contribution in [2.45, 2.75) is 50.2 Å². The number of likely N-dealkylation sites (tertiary alicyclic amines) is 1. The second kappa shape index (κ2) is 13.3. The minimum absolute atomic E-state index is 0.00982. The molecule has 228 valence electrons. The highest BCUT2D eigenvalue weighted by atomic mass is 35.5. The molecule has 0 radical (unpaired) electrons. The largest absolute Gasteiger partial charge is 0.719 e. The number of sulfonamides is 1. The number of nitrogens with zero attached hydrogens (tertiary/aromatic N) is 5. The summed E-state index contributed by atoms with van der Waals surface area (Å²) < 4.78 is 28.3. The van der Waals surface area contributed by atoms with Gasteiger partial charge in [-0.25, -0.2) is 8.42 Å². The average Bonchev–Trinajstić information content (AvgIpc) is 3.32. The summed E-state index contributed by atoms with van der Waals surface area (Å²) in [5.74, 6) is -2.58. The first-order valence-electron chi connectivity index (χ1n) is 13.0. The van der Waals surface area contributed by atoms with E-state index >= 15 is 0 Å². The van der Waals surface area contributed by atoms with Crippen LogP contribution >= 0.6 is 11.6 Å². The van der Waals surface area contributed by atoms with Crippen LogP contribution in [0, 0.1) is 10.1 Å². The van der Waals surface area contributed by atoms with Crippen LogP contribution in [0.3, 0.4) is 0 Å². The van der Waals surface area contributed by atoms with Gasteiger partial charge < -0.3 is 20.7 Å². The Morgan fingerprint density at radius 3 is 2.45 bits per heavy atom. The molecule has 0 unspecified atom stereocenters. The number of hydrogen-bond donors (Lipinski definition) is 3. The van der Waals surface area contributed by atoms with Crippen molar-refractivity contribution in [1.29, 1.82) is 0 Å². The standard InChI is InChI=1S/C25H33ClN8O7S/c1-15(2)31(11-9-29-25(28)34(39)30-38)23(36)16(3)32-10-8-21(24(32)37)33(14-22(27)35)42(40,41)20-7-5-17-12-19(26)6-4-18(17)13-20/h4-7,12-13,15-16,21,29H,8-11,14,28H2,1-3H3,(H2,27,35)/b34-25+/t16-,21-/m0/s1. The van der Waals surface area contributed by atoms with E-state index in [4.69, 9.17) is 23.1 Å². The van der Waals surface area contributed by atoms with Gasteiger partial charge in [-0.1, -0.05) is 23.7 Å². The maximum Gasteiger partial charge on any atom is 0.371 e. The molecule has 1 fully saturated rings. The molecule has 1 aliphatic rings. The summed E-state index contributed by atoms with van der Waals surface area (Å²) in [6, 6.07) is 6.74. The van der Waals surface area contributed by atoms with E-state index in [1.807, 2.05) is 0 Å². The van der Waals surface area contributed by atoms with E-state index in [-0.39, 0.29) is 41.8 Å². The van der Waals surface area contributed by atoms with Crippen LogP contribution in [0.1, 0.15) is 27.2 Å². The number of nitroso groups, excluding NO2 is 1. The number of rotatable bonds is 12. The Hall–Kier alpha value is -4.02. The van der Waals surface area contributed by atoms with Gasteiger partial charge in [-0.3, -0.25) is 25.4 Å². The number of carbonyl (C=O) groups excluding carboxylic acids is 3. The zero-order valence-electron chi connectivity index (χ0n) is 23.3. The first kappa shape index (κ1) is 32.5. The van der Waals surface area contributed by atoms with E-state index < -0.39 is 52.3 Å². The smallest absolute Gasteiger partial charge is 0.371 e. The number of nitrogens with two attached hydrogens (primary N) is 2. The molecule has 0 aromatic heterocycles. The highest BCUT2D eigenvalue weighted by Gasteiger charge is 2.45. The molecule has 15 nitrogen and oxygen atoms in total. The Balaban J connectivity index is 1.83. The maximum absolute atomic E-state index is 13.7. The van der Waals surface area contributed by atoms with Crippen molar-refractivity contribution < 1.29 is 27.6 Å². The van der Waals surface area contributed by atoms with Gasteiger partial charge in [0, 0.05) is 17.6 Å². The molecule has 0 saturated carbocycles. The van der Waals surface area contributed by atoms with Crippen LogP contribution in [0.15, 0.2) is 46.6 Å². The number of hydrogen-bond acceptors (Lipinski definition) is 8. The molecular formula is C25H33ClN8O7S. The lowest BCUT2D eigenvalue weighted by Crippen LogP contribution is -2.54. The van der Waals surface area contributed by atoms with Gasteiger partial charge in [0.25, 0.3) is 0 Å². The molecule has 0 bridgehead atoms. The topological polar surface area (TPSA) is 215 Å². The zero-order valence-corrected chi connectivity index (χ0v) is 24.8. The molecule has 1 saturated heterocycles. The van der Waals surface area contributed by atoms with Crippen LogP contribution in [0.5, 0.6) is 0 Å². The predicted octanol–water partition coefficient (Wildman–Crippen LogP) is 0.292. The van der Waals surface area contributed by atoms with Gasteiger partial charge in [0.15, 0.2) is 0 Å². The molecule has 2 aromatic carbocycles. The van der Waals surface area contributed by atoms with E-state index in [1.165, 1.54) is 28.9 Å². The third-order valence-corrected chi connectivity index (χ3v) is 9.01. The number of amides is 3. The highest BCUT2D eigenvalue weighted by Crippen LogP contribution is 2.29. The van der Waals surface area contributed by atoms with Crippen molar-refractivity contribution in [3.8, 4) is 0 Å². The van der Waals surface area contributed by atoms with Crippen LogP contribution in [0.4, 0.5) is 0 Å². The summed E-state index contributed by atoms with van der Waals surface area (Å²) in [4.78, 5) is 51.5. The minimum atomic E-state index is -4.37. The van der Waals surface area contributed by atoms with Gasteiger partial charge in [0.05, 0.1) is 24.5 Å². The van der Waals surface area contributed by atoms with Crippen LogP contribution in [0.2, 0.25) is 5.02 Å². The molecule has 1 heterocycles. The van der Waals surface area contributed by atoms with Crippen LogP contribution in [-0.4, -0.2) is 95.4 Å². The van der Waals surface area contributed by atoms with Crippen LogP contribution in [-0.2, 0) is 24.4 Å². The van der Waals surface area contributed by atoms with Gasteiger partial charge in [0.1, 0.15) is 17.4 Å². The van der Waals surface area contributed by atoms with Crippen LogP contribution in [0.25, 0.3) is 10.8 Å². The molecule has 2 atom stereocenters. The summed E-state index contributed by atoms with van der Waals surface area (Å²) >= 11 is 6.03. The van der Waals surface area contributed by atoms with E-state index in [0.717, 1.165) is 4.31 Å². The molecule has 5 N–H and O–H groups in total. The first-order chi connectivity index (χ1) is 19.7. The molecule has 3 rings (SSSR count). The fraction of sp³-hybridized carbons (Fsp3) is 0.440. The number of carbonyl (C=O) groups is 3. The van der Waals surface area contributed by atoms with E-state index in [2.05, 4.69) is 10.6 Å². The molecule has 0 aliphatic carbocycles. The quantitative estimate of drug-likeness (QED) is 0.0737. The van der Waals surface area contributed by atoms with Gasteiger partial charge >= 0.3 is 5.96 Å². The van der Waals surface area contributed by atoms with Crippen molar-refractivity contribution in [2.24, 2.45) is 16.8 Å². The number of halogens is 1. The van der Waals surface area contributed by atoms with Crippen molar-refractivity contribution in [3.05, 3.63) is 51.5 Å². The summed E-state index contributed by atoms with van der Waals surface area (Å²) in [6.45, 7) is 4.41. The van der Waals surface area contributed by atoms with E-state index in [9.17, 15) is 32.9 Å². The maximum atomic E-state index is 13.7.